The van der Waals surface area contributed by atoms with E-state index in [-0.39, 0.29) is 30.0 Å². The van der Waals surface area contributed by atoms with Gasteiger partial charge in [-0.25, -0.2) is 0 Å². The van der Waals surface area contributed by atoms with Crippen molar-refractivity contribution in [1.29, 1.82) is 0 Å². The minimum absolute atomic E-state index is 0.0736. The number of hydrogen-bond acceptors (Lipinski definition) is 3. The molecule has 0 spiro atoms. The lowest BCUT2D eigenvalue weighted by Crippen LogP contribution is -2.30. The first-order valence-electron chi connectivity index (χ1n) is 8.53. The van der Waals surface area contributed by atoms with Crippen molar-refractivity contribution in [1.82, 2.24) is 0 Å². The number of carbonyl (C=O) groups is 1. The molecule has 3 rings (SSSR count). The quantitative estimate of drug-likeness (QED) is 0.783. The normalized spacial score (nSPS) is 26.5. The minimum Gasteiger partial charge on any atom is -0.452 e. The SMILES string of the molecule is CC1OC(C)C(C(=O)OC(c2ccccc2)c2ccccc2)C1C. The number of ether oxygens (including phenoxy) is 2. The number of benzene rings is 2. The summed E-state index contributed by atoms with van der Waals surface area (Å²) in [6.45, 7) is 6.02. The zero-order chi connectivity index (χ0) is 17.1. The number of hydrogen-bond donors (Lipinski definition) is 0. The van der Waals surface area contributed by atoms with Crippen LogP contribution in [0.1, 0.15) is 38.0 Å². The van der Waals surface area contributed by atoms with Gasteiger partial charge in [-0.05, 0) is 30.9 Å². The smallest absolute Gasteiger partial charge is 0.312 e. The average Bonchev–Trinajstić information content (AvgIpc) is 2.86. The zero-order valence-electron chi connectivity index (χ0n) is 14.4. The van der Waals surface area contributed by atoms with Crippen molar-refractivity contribution in [3.8, 4) is 0 Å². The lowest BCUT2D eigenvalue weighted by Gasteiger charge is -2.23. The standard InChI is InChI=1S/C21H24O3/c1-14-15(2)23-16(3)19(14)21(22)24-20(17-10-6-4-7-11-17)18-12-8-5-9-13-18/h4-16,19-20H,1-3H3. The first-order chi connectivity index (χ1) is 11.6. The Kier molecular flexibility index (Phi) is 5.00. The van der Waals surface area contributed by atoms with Gasteiger partial charge in [-0.1, -0.05) is 67.6 Å². The first-order valence-corrected chi connectivity index (χ1v) is 8.53. The first kappa shape index (κ1) is 16.7. The number of esters is 1. The molecule has 24 heavy (non-hydrogen) atoms. The van der Waals surface area contributed by atoms with Crippen LogP contribution in [0.2, 0.25) is 0 Å². The van der Waals surface area contributed by atoms with Gasteiger partial charge in [0.1, 0.15) is 0 Å². The van der Waals surface area contributed by atoms with E-state index in [2.05, 4.69) is 6.92 Å². The van der Waals surface area contributed by atoms with Crippen molar-refractivity contribution >= 4 is 5.97 Å². The van der Waals surface area contributed by atoms with Gasteiger partial charge in [-0.15, -0.1) is 0 Å². The Bertz CT molecular complexity index is 628. The van der Waals surface area contributed by atoms with Gasteiger partial charge in [0.25, 0.3) is 0 Å². The fraction of sp³-hybridized carbons (Fsp3) is 0.381. The topological polar surface area (TPSA) is 35.5 Å². The molecule has 4 atom stereocenters. The largest absolute Gasteiger partial charge is 0.452 e. The molecule has 0 aliphatic carbocycles. The van der Waals surface area contributed by atoms with Crippen LogP contribution in [0.15, 0.2) is 60.7 Å². The van der Waals surface area contributed by atoms with Crippen LogP contribution in [0.3, 0.4) is 0 Å². The molecule has 1 aliphatic rings. The molecule has 1 aliphatic heterocycles. The number of rotatable bonds is 4. The summed E-state index contributed by atoms with van der Waals surface area (Å²) in [5.41, 5.74) is 1.95. The van der Waals surface area contributed by atoms with Crippen molar-refractivity contribution < 1.29 is 14.3 Å². The van der Waals surface area contributed by atoms with Gasteiger partial charge in [0.2, 0.25) is 0 Å². The van der Waals surface area contributed by atoms with E-state index in [1.807, 2.05) is 74.5 Å². The molecule has 0 amide bonds. The third kappa shape index (κ3) is 3.36. The van der Waals surface area contributed by atoms with E-state index in [1.165, 1.54) is 0 Å². The monoisotopic (exact) mass is 324 g/mol. The van der Waals surface area contributed by atoms with Crippen LogP contribution >= 0.6 is 0 Å². The third-order valence-electron chi connectivity index (χ3n) is 4.95. The molecule has 3 heteroatoms. The molecule has 0 aromatic heterocycles. The molecule has 4 unspecified atom stereocenters. The molecule has 1 saturated heterocycles. The fourth-order valence-electron chi connectivity index (χ4n) is 3.45. The lowest BCUT2D eigenvalue weighted by molar-refractivity contribution is -0.155. The summed E-state index contributed by atoms with van der Waals surface area (Å²) in [5.74, 6) is -0.258. The van der Waals surface area contributed by atoms with Gasteiger partial charge < -0.3 is 9.47 Å². The highest BCUT2D eigenvalue weighted by Crippen LogP contribution is 2.35. The summed E-state index contributed by atoms with van der Waals surface area (Å²) < 4.78 is 11.8. The summed E-state index contributed by atoms with van der Waals surface area (Å²) in [7, 11) is 0. The summed E-state index contributed by atoms with van der Waals surface area (Å²) in [6, 6.07) is 19.7. The summed E-state index contributed by atoms with van der Waals surface area (Å²) in [4.78, 5) is 12.9. The molecule has 0 bridgehead atoms. The third-order valence-corrected chi connectivity index (χ3v) is 4.95. The molecular weight excluding hydrogens is 300 g/mol. The van der Waals surface area contributed by atoms with Crippen LogP contribution in [0.25, 0.3) is 0 Å². The Labute approximate surface area is 143 Å². The summed E-state index contributed by atoms with van der Waals surface area (Å²) in [6.07, 6.45) is -0.436. The molecule has 0 N–H and O–H groups in total. The highest BCUT2D eigenvalue weighted by atomic mass is 16.6. The molecule has 126 valence electrons. The van der Waals surface area contributed by atoms with Crippen LogP contribution in [-0.4, -0.2) is 18.2 Å². The molecule has 1 fully saturated rings. The Balaban J connectivity index is 1.86. The highest BCUT2D eigenvalue weighted by Gasteiger charge is 2.43. The van der Waals surface area contributed by atoms with E-state index in [1.54, 1.807) is 0 Å². The predicted molar refractivity (Wildman–Crippen MR) is 93.5 cm³/mol. The van der Waals surface area contributed by atoms with Crippen LogP contribution in [0.5, 0.6) is 0 Å². The average molecular weight is 324 g/mol. The van der Waals surface area contributed by atoms with Crippen molar-refractivity contribution in [2.75, 3.05) is 0 Å². The maximum atomic E-state index is 12.9. The molecular formula is C21H24O3. The van der Waals surface area contributed by atoms with Gasteiger partial charge in [-0.3, -0.25) is 4.79 Å². The number of carbonyl (C=O) groups excluding carboxylic acids is 1. The Morgan fingerprint density at radius 1 is 0.875 bits per heavy atom. The van der Waals surface area contributed by atoms with E-state index in [0.717, 1.165) is 11.1 Å². The van der Waals surface area contributed by atoms with E-state index in [9.17, 15) is 4.79 Å². The fourth-order valence-corrected chi connectivity index (χ4v) is 3.45. The molecule has 3 nitrogen and oxygen atoms in total. The summed E-state index contributed by atoms with van der Waals surface area (Å²) in [5, 5.41) is 0. The summed E-state index contributed by atoms with van der Waals surface area (Å²) >= 11 is 0. The second kappa shape index (κ2) is 7.18. The van der Waals surface area contributed by atoms with Crippen LogP contribution < -0.4 is 0 Å². The Hall–Kier alpha value is -2.13. The van der Waals surface area contributed by atoms with E-state index in [4.69, 9.17) is 9.47 Å². The molecule has 2 aromatic rings. The Morgan fingerprint density at radius 2 is 1.38 bits per heavy atom. The van der Waals surface area contributed by atoms with Crippen molar-refractivity contribution in [2.45, 2.75) is 39.1 Å². The van der Waals surface area contributed by atoms with Crippen molar-refractivity contribution in [3.05, 3.63) is 71.8 Å². The van der Waals surface area contributed by atoms with Gasteiger partial charge >= 0.3 is 5.97 Å². The van der Waals surface area contributed by atoms with Gasteiger partial charge in [0, 0.05) is 0 Å². The van der Waals surface area contributed by atoms with Gasteiger partial charge in [-0.2, -0.15) is 0 Å². The predicted octanol–water partition coefficient (Wildman–Crippen LogP) is 4.38. The van der Waals surface area contributed by atoms with E-state index < -0.39 is 6.10 Å². The molecule has 0 saturated carbocycles. The maximum absolute atomic E-state index is 12.9. The minimum atomic E-state index is -0.393. The van der Waals surface area contributed by atoms with Crippen molar-refractivity contribution in [2.24, 2.45) is 11.8 Å². The van der Waals surface area contributed by atoms with Gasteiger partial charge in [0.05, 0.1) is 18.1 Å². The van der Waals surface area contributed by atoms with Crippen LogP contribution in [0, 0.1) is 11.8 Å². The molecule has 1 heterocycles. The second-order valence-electron chi connectivity index (χ2n) is 6.57. The van der Waals surface area contributed by atoms with E-state index in [0.29, 0.717) is 0 Å². The lowest BCUT2D eigenvalue weighted by atomic mass is 9.89. The molecule has 2 aromatic carbocycles. The second-order valence-corrected chi connectivity index (χ2v) is 6.57. The maximum Gasteiger partial charge on any atom is 0.312 e. The van der Waals surface area contributed by atoms with Crippen LogP contribution in [-0.2, 0) is 14.3 Å². The highest BCUT2D eigenvalue weighted by molar-refractivity contribution is 5.74. The van der Waals surface area contributed by atoms with Gasteiger partial charge in [0.15, 0.2) is 6.10 Å². The zero-order valence-corrected chi connectivity index (χ0v) is 14.4. The van der Waals surface area contributed by atoms with Crippen LogP contribution in [0.4, 0.5) is 0 Å². The van der Waals surface area contributed by atoms with E-state index >= 15 is 0 Å². The molecule has 0 radical (unpaired) electrons. The van der Waals surface area contributed by atoms with Crippen molar-refractivity contribution in [3.63, 3.8) is 0 Å². The Morgan fingerprint density at radius 3 is 1.79 bits per heavy atom.